The van der Waals surface area contributed by atoms with Crippen molar-refractivity contribution in [2.45, 2.75) is 33.2 Å². The Balaban J connectivity index is 1.58. The SMILES string of the molecule is C=C/C(=C\C(=C/C)c1ccc2[nH]nc(-c3nc4c(C5=CCC=C5)cncc4[nH]3)c2n1)NC(C)C. The van der Waals surface area contributed by atoms with E-state index in [9.17, 15) is 0 Å². The van der Waals surface area contributed by atoms with Crippen molar-refractivity contribution in [3.8, 4) is 11.5 Å². The second-order valence-electron chi connectivity index (χ2n) is 8.48. The van der Waals surface area contributed by atoms with Crippen LogP contribution in [0.25, 0.3) is 44.7 Å². The number of allylic oxidation sites excluding steroid dienone is 8. The van der Waals surface area contributed by atoms with E-state index in [2.05, 4.69) is 70.2 Å². The lowest BCUT2D eigenvalue weighted by Crippen LogP contribution is -2.20. The van der Waals surface area contributed by atoms with Gasteiger partial charge in [-0.3, -0.25) is 10.1 Å². The fraction of sp³-hybridized carbons (Fsp3) is 0.185. The molecule has 5 rings (SSSR count). The molecule has 0 saturated carbocycles. The average Bonchev–Trinajstić information content (AvgIpc) is 3.59. The Hall–Kier alpha value is -4.26. The van der Waals surface area contributed by atoms with Crippen molar-refractivity contribution in [3.05, 3.63) is 84.5 Å². The van der Waals surface area contributed by atoms with Crippen LogP contribution < -0.4 is 5.32 Å². The molecule has 0 unspecified atom stereocenters. The largest absolute Gasteiger partial charge is 0.383 e. The fourth-order valence-electron chi connectivity index (χ4n) is 4.10. The number of imidazole rings is 1. The Morgan fingerprint density at radius 1 is 1.15 bits per heavy atom. The molecule has 0 aliphatic heterocycles. The van der Waals surface area contributed by atoms with Crippen LogP contribution in [0.1, 0.15) is 38.4 Å². The lowest BCUT2D eigenvalue weighted by Gasteiger charge is -2.12. The molecule has 7 nitrogen and oxygen atoms in total. The zero-order valence-electron chi connectivity index (χ0n) is 19.6. The summed E-state index contributed by atoms with van der Waals surface area (Å²) in [7, 11) is 0. The molecular formula is C27H27N7. The predicted molar refractivity (Wildman–Crippen MR) is 139 cm³/mol. The lowest BCUT2D eigenvalue weighted by atomic mass is 10.1. The monoisotopic (exact) mass is 449 g/mol. The maximum atomic E-state index is 4.95. The predicted octanol–water partition coefficient (Wildman–Crippen LogP) is 5.71. The minimum Gasteiger partial charge on any atom is -0.383 e. The van der Waals surface area contributed by atoms with Gasteiger partial charge in [-0.2, -0.15) is 5.10 Å². The van der Waals surface area contributed by atoms with E-state index in [1.54, 1.807) is 6.20 Å². The third-order valence-corrected chi connectivity index (χ3v) is 5.70. The van der Waals surface area contributed by atoms with Gasteiger partial charge in [0.1, 0.15) is 5.52 Å². The van der Waals surface area contributed by atoms with E-state index in [0.717, 1.165) is 56.6 Å². The number of hydrogen-bond donors (Lipinski definition) is 3. The first kappa shape index (κ1) is 21.6. The van der Waals surface area contributed by atoms with Gasteiger partial charge in [-0.1, -0.05) is 30.9 Å². The fourth-order valence-corrected chi connectivity index (χ4v) is 4.10. The summed E-state index contributed by atoms with van der Waals surface area (Å²) in [6.45, 7) is 10.1. The molecule has 0 bridgehead atoms. The van der Waals surface area contributed by atoms with Gasteiger partial charge in [0.25, 0.3) is 0 Å². The van der Waals surface area contributed by atoms with Crippen LogP contribution in [0.2, 0.25) is 0 Å². The van der Waals surface area contributed by atoms with E-state index in [1.165, 1.54) is 0 Å². The molecule has 4 aromatic heterocycles. The molecule has 4 heterocycles. The standard InChI is InChI=1S/C27H27N7/c1-5-17(13-19(6-2)29-16(3)4)21-11-12-22-25(30-21)26(34-33-22)27-31-23-15-28-14-20(24(23)32-27)18-9-7-8-10-18/h5-7,9-16,29H,2,8H2,1,3-4H3,(H,31,32)(H,33,34)/b17-5+,19-13+. The Morgan fingerprint density at radius 3 is 2.76 bits per heavy atom. The number of rotatable bonds is 7. The number of hydrogen-bond acceptors (Lipinski definition) is 5. The summed E-state index contributed by atoms with van der Waals surface area (Å²) in [4.78, 5) is 17.6. The number of aromatic nitrogens is 6. The van der Waals surface area contributed by atoms with E-state index in [4.69, 9.17) is 9.97 Å². The molecular weight excluding hydrogens is 422 g/mol. The van der Waals surface area contributed by atoms with Gasteiger partial charge in [0.05, 0.1) is 28.4 Å². The zero-order chi connectivity index (χ0) is 23.7. The second kappa shape index (κ2) is 8.94. The van der Waals surface area contributed by atoms with Crippen molar-refractivity contribution < 1.29 is 0 Å². The minimum absolute atomic E-state index is 0.307. The number of pyridine rings is 2. The highest BCUT2D eigenvalue weighted by molar-refractivity contribution is 5.96. The highest BCUT2D eigenvalue weighted by Crippen LogP contribution is 2.31. The van der Waals surface area contributed by atoms with Crippen LogP contribution in [0.4, 0.5) is 0 Å². The summed E-state index contributed by atoms with van der Waals surface area (Å²) in [6.07, 6.45) is 16.9. The van der Waals surface area contributed by atoms with E-state index in [0.29, 0.717) is 17.6 Å². The quantitative estimate of drug-likeness (QED) is 0.314. The van der Waals surface area contributed by atoms with Crippen LogP contribution in [0, 0.1) is 0 Å². The van der Waals surface area contributed by atoms with Crippen molar-refractivity contribution in [3.63, 3.8) is 0 Å². The highest BCUT2D eigenvalue weighted by atomic mass is 15.1. The molecule has 7 heteroatoms. The zero-order valence-corrected chi connectivity index (χ0v) is 19.6. The summed E-state index contributed by atoms with van der Waals surface area (Å²) < 4.78 is 0. The summed E-state index contributed by atoms with van der Waals surface area (Å²) >= 11 is 0. The number of nitrogens with zero attached hydrogens (tertiary/aromatic N) is 4. The molecule has 1 aliphatic carbocycles. The van der Waals surface area contributed by atoms with E-state index < -0.39 is 0 Å². The van der Waals surface area contributed by atoms with Gasteiger partial charge in [0.15, 0.2) is 11.5 Å². The van der Waals surface area contributed by atoms with E-state index >= 15 is 0 Å². The Labute approximate surface area is 198 Å². The Bertz CT molecular complexity index is 1510. The summed E-state index contributed by atoms with van der Waals surface area (Å²) in [5.74, 6) is 0.661. The summed E-state index contributed by atoms with van der Waals surface area (Å²) in [5, 5.41) is 11.0. The Kier molecular flexibility index (Phi) is 5.67. The molecule has 0 aromatic carbocycles. The molecule has 4 aromatic rings. The first-order chi connectivity index (χ1) is 16.6. The smallest absolute Gasteiger partial charge is 0.161 e. The van der Waals surface area contributed by atoms with Crippen LogP contribution in [-0.2, 0) is 0 Å². The molecule has 34 heavy (non-hydrogen) atoms. The summed E-state index contributed by atoms with van der Waals surface area (Å²) in [5.41, 5.74) is 8.98. The van der Waals surface area contributed by atoms with Gasteiger partial charge in [0, 0.05) is 23.5 Å². The van der Waals surface area contributed by atoms with Crippen LogP contribution in [-0.4, -0.2) is 36.2 Å². The first-order valence-electron chi connectivity index (χ1n) is 11.4. The number of nitrogens with one attached hydrogen (secondary N) is 3. The number of aromatic amines is 2. The van der Waals surface area contributed by atoms with Crippen LogP contribution in [0.3, 0.4) is 0 Å². The van der Waals surface area contributed by atoms with Crippen molar-refractivity contribution >= 4 is 33.2 Å². The molecule has 0 atom stereocenters. The highest BCUT2D eigenvalue weighted by Gasteiger charge is 2.18. The van der Waals surface area contributed by atoms with E-state index in [-0.39, 0.29) is 0 Å². The average molecular weight is 450 g/mol. The van der Waals surface area contributed by atoms with E-state index in [1.807, 2.05) is 37.4 Å². The van der Waals surface area contributed by atoms with Gasteiger partial charge >= 0.3 is 0 Å². The lowest BCUT2D eigenvalue weighted by molar-refractivity contribution is 0.682. The second-order valence-corrected chi connectivity index (χ2v) is 8.48. The van der Waals surface area contributed by atoms with Gasteiger partial charge in [-0.15, -0.1) is 0 Å². The molecule has 0 radical (unpaired) electrons. The van der Waals surface area contributed by atoms with Crippen molar-refractivity contribution in [1.82, 2.24) is 35.5 Å². The van der Waals surface area contributed by atoms with Gasteiger partial charge in [0.2, 0.25) is 0 Å². The molecule has 3 N–H and O–H groups in total. The molecule has 0 saturated heterocycles. The number of H-pyrrole nitrogens is 2. The first-order valence-corrected chi connectivity index (χ1v) is 11.4. The maximum Gasteiger partial charge on any atom is 0.161 e. The third-order valence-electron chi connectivity index (χ3n) is 5.70. The van der Waals surface area contributed by atoms with Crippen molar-refractivity contribution in [1.29, 1.82) is 0 Å². The van der Waals surface area contributed by atoms with Gasteiger partial charge in [-0.05, 0) is 62.6 Å². The third kappa shape index (κ3) is 3.96. The Morgan fingerprint density at radius 2 is 2.03 bits per heavy atom. The molecule has 170 valence electrons. The molecule has 0 fully saturated rings. The molecule has 1 aliphatic rings. The van der Waals surface area contributed by atoms with Gasteiger partial charge in [-0.25, -0.2) is 9.97 Å². The molecule has 0 spiro atoms. The maximum absolute atomic E-state index is 4.95. The summed E-state index contributed by atoms with van der Waals surface area (Å²) in [6, 6.07) is 4.30. The van der Waals surface area contributed by atoms with Crippen LogP contribution in [0.15, 0.2) is 73.3 Å². The normalized spacial score (nSPS) is 14.4. The van der Waals surface area contributed by atoms with Gasteiger partial charge < -0.3 is 10.3 Å². The topological polar surface area (TPSA) is 95.2 Å². The van der Waals surface area contributed by atoms with Crippen molar-refractivity contribution in [2.75, 3.05) is 0 Å². The minimum atomic E-state index is 0.307. The van der Waals surface area contributed by atoms with Crippen molar-refractivity contribution in [2.24, 2.45) is 0 Å². The van der Waals surface area contributed by atoms with Crippen LogP contribution in [0.5, 0.6) is 0 Å². The van der Waals surface area contributed by atoms with Crippen LogP contribution >= 0.6 is 0 Å². The molecule has 0 amide bonds. The number of fused-ring (bicyclic) bond motifs is 2.